The molecule has 0 aliphatic heterocycles. The number of aromatic nitrogens is 2. The van der Waals surface area contributed by atoms with Crippen molar-refractivity contribution in [1.29, 1.82) is 0 Å². The summed E-state index contributed by atoms with van der Waals surface area (Å²) < 4.78 is 4.53. The third-order valence-electron chi connectivity index (χ3n) is 1.35. The van der Waals surface area contributed by atoms with Crippen LogP contribution in [-0.2, 0) is 12.8 Å². The Bertz CT molecular complexity index is 197. The first-order chi connectivity index (χ1) is 4.88. The molecule has 0 amide bonds. The van der Waals surface area contributed by atoms with Gasteiger partial charge in [0.05, 0.1) is 0 Å². The Labute approximate surface area is 59.4 Å². The minimum absolute atomic E-state index is 0.598. The van der Waals surface area contributed by atoms with E-state index in [0.29, 0.717) is 6.54 Å². The first-order valence-electron chi connectivity index (χ1n) is 3.38. The molecule has 1 heterocycles. The lowest BCUT2D eigenvalue weighted by Crippen LogP contribution is -2.04. The Morgan fingerprint density at radius 2 is 2.10 bits per heavy atom. The van der Waals surface area contributed by atoms with Gasteiger partial charge in [-0.05, 0) is 13.0 Å². The van der Waals surface area contributed by atoms with Gasteiger partial charge in [-0.25, -0.2) is 4.63 Å². The van der Waals surface area contributed by atoms with E-state index >= 15 is 0 Å². The minimum atomic E-state index is 0.598. The first-order valence-corrected chi connectivity index (χ1v) is 3.38. The van der Waals surface area contributed by atoms with Gasteiger partial charge in [0.15, 0.2) is 0 Å². The standard InChI is InChI=1S/C6H11N3O/c1-2-5-6(3-4-7)9-10-8-5/h2-4,7H2,1H3. The number of hydrogen-bond acceptors (Lipinski definition) is 4. The molecule has 1 rings (SSSR count). The molecule has 1 aromatic heterocycles. The fourth-order valence-electron chi connectivity index (χ4n) is 0.820. The van der Waals surface area contributed by atoms with Gasteiger partial charge in [0.25, 0.3) is 0 Å². The van der Waals surface area contributed by atoms with Crippen LogP contribution in [-0.4, -0.2) is 16.9 Å². The molecule has 0 radical (unpaired) electrons. The molecule has 0 atom stereocenters. The van der Waals surface area contributed by atoms with E-state index in [0.717, 1.165) is 24.2 Å². The lowest BCUT2D eigenvalue weighted by Gasteiger charge is -1.90. The molecular weight excluding hydrogens is 130 g/mol. The van der Waals surface area contributed by atoms with Crippen LogP contribution < -0.4 is 5.73 Å². The molecule has 0 aliphatic rings. The molecule has 0 saturated carbocycles. The minimum Gasteiger partial charge on any atom is -0.330 e. The lowest BCUT2D eigenvalue weighted by molar-refractivity contribution is 0.300. The molecule has 10 heavy (non-hydrogen) atoms. The Morgan fingerprint density at radius 3 is 2.70 bits per heavy atom. The van der Waals surface area contributed by atoms with E-state index in [2.05, 4.69) is 14.9 Å². The highest BCUT2D eigenvalue weighted by molar-refractivity contribution is 5.06. The molecule has 56 valence electrons. The van der Waals surface area contributed by atoms with E-state index in [1.54, 1.807) is 0 Å². The first kappa shape index (κ1) is 7.21. The monoisotopic (exact) mass is 141 g/mol. The molecule has 0 fully saturated rings. The van der Waals surface area contributed by atoms with Crippen LogP contribution in [0.25, 0.3) is 0 Å². The molecular formula is C6H11N3O. The molecule has 0 saturated heterocycles. The summed E-state index contributed by atoms with van der Waals surface area (Å²) in [6.45, 7) is 2.61. The predicted molar refractivity (Wildman–Crippen MR) is 36.4 cm³/mol. The zero-order valence-electron chi connectivity index (χ0n) is 6.00. The number of nitrogens with zero attached hydrogens (tertiary/aromatic N) is 2. The fourth-order valence-corrected chi connectivity index (χ4v) is 0.820. The normalized spacial score (nSPS) is 10.2. The van der Waals surface area contributed by atoms with Crippen LogP contribution in [0.5, 0.6) is 0 Å². The van der Waals surface area contributed by atoms with Crippen LogP contribution in [0.4, 0.5) is 0 Å². The lowest BCUT2D eigenvalue weighted by atomic mass is 10.2. The van der Waals surface area contributed by atoms with Crippen molar-refractivity contribution < 1.29 is 4.63 Å². The van der Waals surface area contributed by atoms with Crippen LogP contribution in [0.1, 0.15) is 18.3 Å². The summed E-state index contributed by atoms with van der Waals surface area (Å²) in [4.78, 5) is 0. The number of aryl methyl sites for hydroxylation is 1. The zero-order chi connectivity index (χ0) is 7.40. The maximum Gasteiger partial charge on any atom is 0.109 e. The molecule has 0 unspecified atom stereocenters. The largest absolute Gasteiger partial charge is 0.330 e. The number of hydrogen-bond donors (Lipinski definition) is 1. The van der Waals surface area contributed by atoms with Crippen molar-refractivity contribution >= 4 is 0 Å². The third kappa shape index (κ3) is 1.33. The highest BCUT2D eigenvalue weighted by Gasteiger charge is 2.04. The molecule has 0 spiro atoms. The predicted octanol–water partition coefficient (Wildman–Crippen LogP) is 0.133. The molecule has 0 aromatic carbocycles. The van der Waals surface area contributed by atoms with E-state index in [4.69, 9.17) is 5.73 Å². The maximum absolute atomic E-state index is 5.33. The van der Waals surface area contributed by atoms with Gasteiger partial charge in [-0.1, -0.05) is 17.2 Å². The second-order valence-corrected chi connectivity index (χ2v) is 2.05. The zero-order valence-corrected chi connectivity index (χ0v) is 6.00. The number of rotatable bonds is 3. The molecule has 4 heteroatoms. The Hall–Kier alpha value is -0.900. The van der Waals surface area contributed by atoms with Gasteiger partial charge in [-0.2, -0.15) is 0 Å². The van der Waals surface area contributed by atoms with Crippen LogP contribution in [0, 0.1) is 0 Å². The molecule has 0 aliphatic carbocycles. The Balaban J connectivity index is 2.70. The van der Waals surface area contributed by atoms with Crippen molar-refractivity contribution in [3.05, 3.63) is 11.4 Å². The summed E-state index contributed by atoms with van der Waals surface area (Å²) in [6, 6.07) is 0. The van der Waals surface area contributed by atoms with Gasteiger partial charge in [0, 0.05) is 6.42 Å². The summed E-state index contributed by atoms with van der Waals surface area (Å²) >= 11 is 0. The van der Waals surface area contributed by atoms with E-state index in [-0.39, 0.29) is 0 Å². The van der Waals surface area contributed by atoms with Gasteiger partial charge >= 0.3 is 0 Å². The van der Waals surface area contributed by atoms with Crippen LogP contribution in [0.2, 0.25) is 0 Å². The summed E-state index contributed by atoms with van der Waals surface area (Å²) in [5, 5.41) is 7.42. The molecule has 1 aromatic rings. The van der Waals surface area contributed by atoms with Gasteiger partial charge in [-0.3, -0.25) is 0 Å². The fraction of sp³-hybridized carbons (Fsp3) is 0.667. The van der Waals surface area contributed by atoms with Gasteiger partial charge in [-0.15, -0.1) is 0 Å². The van der Waals surface area contributed by atoms with Crippen LogP contribution in [0.15, 0.2) is 4.63 Å². The second kappa shape index (κ2) is 3.31. The van der Waals surface area contributed by atoms with E-state index in [1.807, 2.05) is 6.92 Å². The van der Waals surface area contributed by atoms with Crippen LogP contribution in [0.3, 0.4) is 0 Å². The number of nitrogens with two attached hydrogens (primary N) is 1. The molecule has 0 bridgehead atoms. The van der Waals surface area contributed by atoms with Crippen LogP contribution >= 0.6 is 0 Å². The van der Waals surface area contributed by atoms with Crippen molar-refractivity contribution in [3.63, 3.8) is 0 Å². The van der Waals surface area contributed by atoms with Crippen molar-refractivity contribution in [3.8, 4) is 0 Å². The second-order valence-electron chi connectivity index (χ2n) is 2.05. The van der Waals surface area contributed by atoms with E-state index in [1.165, 1.54) is 0 Å². The summed E-state index contributed by atoms with van der Waals surface area (Å²) in [5.41, 5.74) is 7.15. The van der Waals surface area contributed by atoms with Crippen molar-refractivity contribution in [2.75, 3.05) is 6.54 Å². The summed E-state index contributed by atoms with van der Waals surface area (Å²) in [6.07, 6.45) is 1.62. The quantitative estimate of drug-likeness (QED) is 0.650. The molecule has 4 nitrogen and oxygen atoms in total. The average Bonchev–Trinajstić information content (AvgIpc) is 2.36. The highest BCUT2D eigenvalue weighted by atomic mass is 16.6. The smallest absolute Gasteiger partial charge is 0.109 e. The maximum atomic E-state index is 5.33. The van der Waals surface area contributed by atoms with Gasteiger partial charge in [0.1, 0.15) is 11.4 Å². The van der Waals surface area contributed by atoms with Gasteiger partial charge in [0.2, 0.25) is 0 Å². The topological polar surface area (TPSA) is 64.9 Å². The third-order valence-corrected chi connectivity index (χ3v) is 1.35. The SMILES string of the molecule is CCc1nonc1CCN. The van der Waals surface area contributed by atoms with E-state index in [9.17, 15) is 0 Å². The van der Waals surface area contributed by atoms with E-state index < -0.39 is 0 Å². The Morgan fingerprint density at radius 1 is 1.40 bits per heavy atom. The summed E-state index contributed by atoms with van der Waals surface area (Å²) in [7, 11) is 0. The summed E-state index contributed by atoms with van der Waals surface area (Å²) in [5.74, 6) is 0. The average molecular weight is 141 g/mol. The Kier molecular flexibility index (Phi) is 2.39. The van der Waals surface area contributed by atoms with Crippen molar-refractivity contribution in [1.82, 2.24) is 10.3 Å². The molecule has 2 N–H and O–H groups in total. The highest BCUT2D eigenvalue weighted by Crippen LogP contribution is 2.02. The van der Waals surface area contributed by atoms with Gasteiger partial charge < -0.3 is 5.73 Å². The van der Waals surface area contributed by atoms with Crippen molar-refractivity contribution in [2.45, 2.75) is 19.8 Å². The van der Waals surface area contributed by atoms with Crippen molar-refractivity contribution in [2.24, 2.45) is 5.73 Å².